The molecule has 176 valence electrons. The number of esters is 1. The SMILES string of the molecule is O=C1O[C@@H]2[C@H](O1)C(COC(=O)c1ccc(OC(F)(F)F)cc1)O[C@H]2n1ccc(NO)nc1=O. The molecule has 2 aliphatic heterocycles. The van der Waals surface area contributed by atoms with Crippen LogP contribution in [0.1, 0.15) is 16.6 Å². The van der Waals surface area contributed by atoms with E-state index in [1.165, 1.54) is 12.3 Å². The molecule has 2 aromatic rings. The van der Waals surface area contributed by atoms with E-state index in [-0.39, 0.29) is 11.4 Å². The molecule has 0 aliphatic carbocycles. The number of hydrogen-bond acceptors (Lipinski definition) is 11. The largest absolute Gasteiger partial charge is 0.573 e. The molecule has 3 heterocycles. The molecule has 2 aliphatic rings. The van der Waals surface area contributed by atoms with Crippen LogP contribution in [0, 0.1) is 0 Å². The van der Waals surface area contributed by atoms with Gasteiger partial charge in [0.05, 0.1) is 5.56 Å². The minimum atomic E-state index is -4.87. The van der Waals surface area contributed by atoms with E-state index in [2.05, 4.69) is 9.72 Å². The summed E-state index contributed by atoms with van der Waals surface area (Å²) in [7, 11) is 0. The second-order valence-corrected chi connectivity index (χ2v) is 6.77. The number of anilines is 1. The van der Waals surface area contributed by atoms with Gasteiger partial charge in [-0.15, -0.1) is 13.2 Å². The predicted octanol–water partition coefficient (Wildman–Crippen LogP) is 1.60. The first-order valence-electron chi connectivity index (χ1n) is 9.19. The zero-order chi connectivity index (χ0) is 23.8. The molecule has 1 aromatic heterocycles. The molecule has 0 radical (unpaired) electrons. The van der Waals surface area contributed by atoms with E-state index >= 15 is 0 Å². The average molecular weight is 473 g/mol. The van der Waals surface area contributed by atoms with Gasteiger partial charge in [-0.25, -0.2) is 14.4 Å². The van der Waals surface area contributed by atoms with Crippen LogP contribution >= 0.6 is 0 Å². The Labute approximate surface area is 181 Å². The fraction of sp³-hybridized carbons (Fsp3) is 0.333. The maximum Gasteiger partial charge on any atom is 0.573 e. The number of nitrogens with zero attached hydrogens (tertiary/aromatic N) is 2. The van der Waals surface area contributed by atoms with Gasteiger partial charge in [-0.3, -0.25) is 15.3 Å². The Morgan fingerprint density at radius 1 is 1.15 bits per heavy atom. The number of benzene rings is 1. The van der Waals surface area contributed by atoms with Crippen LogP contribution in [0.25, 0.3) is 0 Å². The van der Waals surface area contributed by atoms with Crippen LogP contribution in [-0.2, 0) is 18.9 Å². The Morgan fingerprint density at radius 2 is 1.85 bits per heavy atom. The molecule has 2 N–H and O–H groups in total. The molecule has 2 fully saturated rings. The van der Waals surface area contributed by atoms with Crippen LogP contribution in [0.3, 0.4) is 0 Å². The lowest BCUT2D eigenvalue weighted by molar-refractivity contribution is -0.274. The third-order valence-electron chi connectivity index (χ3n) is 4.67. The molecule has 4 atom stereocenters. The number of fused-ring (bicyclic) bond motifs is 1. The van der Waals surface area contributed by atoms with Crippen molar-refractivity contribution in [3.05, 3.63) is 52.6 Å². The number of aromatic nitrogens is 2. The van der Waals surface area contributed by atoms with E-state index in [4.69, 9.17) is 24.2 Å². The van der Waals surface area contributed by atoms with Gasteiger partial charge in [-0.05, 0) is 30.3 Å². The van der Waals surface area contributed by atoms with Crippen molar-refractivity contribution in [3.8, 4) is 5.75 Å². The molecule has 4 rings (SSSR count). The summed E-state index contributed by atoms with van der Waals surface area (Å²) in [5, 5.41) is 8.84. The third kappa shape index (κ3) is 4.83. The normalized spacial score (nSPS) is 23.9. The Kier molecular flexibility index (Phi) is 5.82. The zero-order valence-electron chi connectivity index (χ0n) is 16.2. The highest BCUT2D eigenvalue weighted by Gasteiger charge is 2.55. The van der Waals surface area contributed by atoms with Gasteiger partial charge < -0.3 is 23.7 Å². The number of alkyl halides is 3. The summed E-state index contributed by atoms with van der Waals surface area (Å²) in [6, 6.07) is 5.30. The molecule has 1 aromatic carbocycles. The molecule has 0 spiro atoms. The topological polar surface area (TPSA) is 147 Å². The molecule has 15 heteroatoms. The standard InChI is InChI=1S/C18H14F3N3O9/c19-18(20,21)33-9-3-1-8(2-4-9)15(25)29-7-10-12-13(32-17(27)31-12)14(30-10)24-6-5-11(23-28)22-16(24)26/h1-6,10,12-14,28H,7H2,(H,22,23,26)/t10?,12-,13-,14-/m1/s1. The highest BCUT2D eigenvalue weighted by Crippen LogP contribution is 2.37. The van der Waals surface area contributed by atoms with Crippen LogP contribution in [0.5, 0.6) is 5.75 Å². The molecule has 12 nitrogen and oxygen atoms in total. The maximum absolute atomic E-state index is 12.3. The molecule has 0 saturated carbocycles. The summed E-state index contributed by atoms with van der Waals surface area (Å²) in [5.74, 6) is -1.53. The van der Waals surface area contributed by atoms with E-state index in [0.717, 1.165) is 28.8 Å². The van der Waals surface area contributed by atoms with Gasteiger partial charge in [0.15, 0.2) is 24.3 Å². The molecular formula is C18H14F3N3O9. The van der Waals surface area contributed by atoms with Gasteiger partial charge >= 0.3 is 24.2 Å². The highest BCUT2D eigenvalue weighted by molar-refractivity contribution is 5.89. The van der Waals surface area contributed by atoms with E-state index in [9.17, 15) is 27.6 Å². The van der Waals surface area contributed by atoms with Gasteiger partial charge in [-0.1, -0.05) is 0 Å². The number of hydrogen-bond donors (Lipinski definition) is 2. The molecule has 2 saturated heterocycles. The smallest absolute Gasteiger partial charge is 0.459 e. The van der Waals surface area contributed by atoms with Crippen LogP contribution in [0.15, 0.2) is 41.3 Å². The van der Waals surface area contributed by atoms with E-state index in [0.29, 0.717) is 0 Å². The van der Waals surface area contributed by atoms with Gasteiger partial charge in [0, 0.05) is 6.20 Å². The number of carbonyl (C=O) groups excluding carboxylic acids is 2. The average Bonchev–Trinajstić information content (AvgIpc) is 3.29. The molecular weight excluding hydrogens is 459 g/mol. The summed E-state index contributed by atoms with van der Waals surface area (Å²) in [6.45, 7) is -0.424. The fourth-order valence-electron chi connectivity index (χ4n) is 3.29. The number of carbonyl (C=O) groups is 2. The lowest BCUT2D eigenvalue weighted by Crippen LogP contribution is -2.34. The Hall–Kier alpha value is -3.85. The summed E-state index contributed by atoms with van der Waals surface area (Å²) in [6.07, 6.45) is -8.89. The second-order valence-electron chi connectivity index (χ2n) is 6.77. The Bertz CT molecular complexity index is 1110. The lowest BCUT2D eigenvalue weighted by Gasteiger charge is -2.18. The molecule has 0 bridgehead atoms. The number of ether oxygens (including phenoxy) is 5. The Morgan fingerprint density at radius 3 is 2.48 bits per heavy atom. The Balaban J connectivity index is 1.43. The first kappa shape index (κ1) is 22.3. The first-order chi connectivity index (χ1) is 15.6. The molecule has 33 heavy (non-hydrogen) atoms. The number of rotatable bonds is 6. The monoisotopic (exact) mass is 473 g/mol. The van der Waals surface area contributed by atoms with Crippen molar-refractivity contribution in [2.45, 2.75) is 30.9 Å². The van der Waals surface area contributed by atoms with Crippen LogP contribution in [-0.4, -0.2) is 58.2 Å². The summed E-state index contributed by atoms with van der Waals surface area (Å²) in [4.78, 5) is 39.6. The quantitative estimate of drug-likeness (QED) is 0.466. The fourth-order valence-corrected chi connectivity index (χ4v) is 3.29. The lowest BCUT2D eigenvalue weighted by atomic mass is 10.1. The van der Waals surface area contributed by atoms with Crippen molar-refractivity contribution in [2.75, 3.05) is 12.1 Å². The minimum absolute atomic E-state index is 0.0669. The maximum atomic E-state index is 12.3. The van der Waals surface area contributed by atoms with E-state index < -0.39 is 61.1 Å². The van der Waals surface area contributed by atoms with E-state index in [1.807, 2.05) is 0 Å². The van der Waals surface area contributed by atoms with Crippen molar-refractivity contribution in [1.82, 2.24) is 9.55 Å². The number of halogens is 3. The van der Waals surface area contributed by atoms with Gasteiger partial charge in [0.25, 0.3) is 0 Å². The van der Waals surface area contributed by atoms with E-state index in [1.54, 1.807) is 5.48 Å². The minimum Gasteiger partial charge on any atom is -0.459 e. The molecule has 1 unspecified atom stereocenters. The number of nitrogens with one attached hydrogen (secondary N) is 1. The van der Waals surface area contributed by atoms with Crippen LogP contribution in [0.4, 0.5) is 23.8 Å². The van der Waals surface area contributed by atoms with Crippen LogP contribution < -0.4 is 15.9 Å². The van der Waals surface area contributed by atoms with Gasteiger partial charge in [0.2, 0.25) is 0 Å². The van der Waals surface area contributed by atoms with Crippen LogP contribution in [0.2, 0.25) is 0 Å². The third-order valence-corrected chi connectivity index (χ3v) is 4.67. The van der Waals surface area contributed by atoms with Gasteiger partial charge in [-0.2, -0.15) is 4.98 Å². The summed E-state index contributed by atoms with van der Waals surface area (Å²) in [5.41, 5.74) is 0.814. The molecule has 0 amide bonds. The zero-order valence-corrected chi connectivity index (χ0v) is 16.2. The van der Waals surface area contributed by atoms with Crippen molar-refractivity contribution >= 4 is 17.9 Å². The van der Waals surface area contributed by atoms with Crippen molar-refractivity contribution < 1.29 is 51.7 Å². The summed E-state index contributed by atoms with van der Waals surface area (Å²) < 4.78 is 62.3. The predicted molar refractivity (Wildman–Crippen MR) is 96.4 cm³/mol. The van der Waals surface area contributed by atoms with Gasteiger partial charge in [0.1, 0.15) is 18.5 Å². The van der Waals surface area contributed by atoms with Crippen molar-refractivity contribution in [2.24, 2.45) is 0 Å². The first-order valence-corrected chi connectivity index (χ1v) is 9.19. The van der Waals surface area contributed by atoms with Crippen molar-refractivity contribution in [1.29, 1.82) is 0 Å². The summed E-state index contributed by atoms with van der Waals surface area (Å²) >= 11 is 0. The second kappa shape index (κ2) is 8.59. The van der Waals surface area contributed by atoms with Crippen molar-refractivity contribution in [3.63, 3.8) is 0 Å². The highest BCUT2D eigenvalue weighted by atomic mass is 19.4.